The fraction of sp³-hybridized carbons (Fsp3) is 0.364. The zero-order chi connectivity index (χ0) is 11.6. The average Bonchev–Trinajstić information content (AvgIpc) is 2.06. The molecular formula is C11H15FN2O. The molecule has 15 heavy (non-hydrogen) atoms. The summed E-state index contributed by atoms with van der Waals surface area (Å²) in [7, 11) is 0. The quantitative estimate of drug-likeness (QED) is 0.696. The lowest BCUT2D eigenvalue weighted by atomic mass is 10.1. The third kappa shape index (κ3) is 2.94. The van der Waals surface area contributed by atoms with Gasteiger partial charge in [0.15, 0.2) is 0 Å². The van der Waals surface area contributed by atoms with E-state index in [2.05, 4.69) is 5.32 Å². The summed E-state index contributed by atoms with van der Waals surface area (Å²) >= 11 is 0. The van der Waals surface area contributed by atoms with Crippen molar-refractivity contribution in [3.05, 3.63) is 29.6 Å². The lowest BCUT2D eigenvalue weighted by Crippen LogP contribution is -2.40. The van der Waals surface area contributed by atoms with Crippen LogP contribution < -0.4 is 11.1 Å². The molecule has 0 spiro atoms. The van der Waals surface area contributed by atoms with Gasteiger partial charge in [0.1, 0.15) is 5.82 Å². The minimum absolute atomic E-state index is 0.112. The highest BCUT2D eigenvalue weighted by atomic mass is 19.1. The summed E-state index contributed by atoms with van der Waals surface area (Å²) in [5.41, 5.74) is 5.16. The van der Waals surface area contributed by atoms with E-state index in [0.29, 0.717) is 0 Å². The Morgan fingerprint density at radius 1 is 1.40 bits per heavy atom. The number of anilines is 1. The van der Waals surface area contributed by atoms with Crippen LogP contribution in [0.25, 0.3) is 0 Å². The Bertz CT molecular complexity index is 383. The number of amides is 1. The second-order valence-corrected chi connectivity index (χ2v) is 4.41. The molecule has 0 fully saturated rings. The molecule has 1 aromatic rings. The first-order chi connectivity index (χ1) is 6.81. The van der Waals surface area contributed by atoms with Crippen LogP contribution in [0.4, 0.5) is 10.1 Å². The van der Waals surface area contributed by atoms with E-state index in [4.69, 9.17) is 5.73 Å². The summed E-state index contributed by atoms with van der Waals surface area (Å²) < 4.78 is 13.1. The minimum atomic E-state index is -0.573. The van der Waals surface area contributed by atoms with Crippen LogP contribution in [0.2, 0.25) is 0 Å². The topological polar surface area (TPSA) is 55.1 Å². The number of benzene rings is 1. The number of carbonyl (C=O) groups excluding carboxylic acids is 1. The van der Waals surface area contributed by atoms with Crippen molar-refractivity contribution < 1.29 is 9.18 Å². The van der Waals surface area contributed by atoms with E-state index in [9.17, 15) is 9.18 Å². The smallest absolute Gasteiger partial charge is 0.253 e. The van der Waals surface area contributed by atoms with Gasteiger partial charge in [0.05, 0.1) is 11.3 Å². The number of nitrogens with two attached hydrogens (primary N) is 1. The molecule has 0 aromatic heterocycles. The molecule has 3 N–H and O–H groups in total. The molecular weight excluding hydrogens is 195 g/mol. The van der Waals surface area contributed by atoms with Gasteiger partial charge in [-0.3, -0.25) is 4.79 Å². The molecule has 0 saturated heterocycles. The SMILES string of the molecule is CC(C)(C)NC(=O)c1cccc(F)c1N. The first-order valence-electron chi connectivity index (χ1n) is 4.68. The number of nitrogen functional groups attached to an aromatic ring is 1. The van der Waals surface area contributed by atoms with Crippen LogP contribution in [0.5, 0.6) is 0 Å². The predicted molar refractivity (Wildman–Crippen MR) is 58.0 cm³/mol. The molecule has 0 aliphatic heterocycles. The van der Waals surface area contributed by atoms with Crippen molar-refractivity contribution in [2.24, 2.45) is 0 Å². The Morgan fingerprint density at radius 3 is 2.53 bits per heavy atom. The standard InChI is InChI=1S/C11H15FN2O/c1-11(2,3)14-10(15)7-5-4-6-8(12)9(7)13/h4-6H,13H2,1-3H3,(H,14,15). The van der Waals surface area contributed by atoms with Gasteiger partial charge in [-0.1, -0.05) is 6.07 Å². The summed E-state index contributed by atoms with van der Waals surface area (Å²) in [6, 6.07) is 4.19. The van der Waals surface area contributed by atoms with Crippen LogP contribution in [0.3, 0.4) is 0 Å². The Kier molecular flexibility index (Phi) is 2.98. The molecule has 1 aromatic carbocycles. The molecule has 0 saturated carbocycles. The fourth-order valence-electron chi connectivity index (χ4n) is 1.14. The van der Waals surface area contributed by atoms with E-state index in [0.717, 1.165) is 0 Å². The van der Waals surface area contributed by atoms with E-state index < -0.39 is 5.82 Å². The summed E-state index contributed by atoms with van der Waals surface area (Å²) in [6.07, 6.45) is 0. The van der Waals surface area contributed by atoms with Gasteiger partial charge in [0.2, 0.25) is 0 Å². The van der Waals surface area contributed by atoms with Crippen LogP contribution in [0.1, 0.15) is 31.1 Å². The zero-order valence-electron chi connectivity index (χ0n) is 9.10. The lowest BCUT2D eigenvalue weighted by molar-refractivity contribution is 0.0920. The molecule has 0 atom stereocenters. The minimum Gasteiger partial charge on any atom is -0.396 e. The highest BCUT2D eigenvalue weighted by molar-refractivity contribution is 5.99. The van der Waals surface area contributed by atoms with E-state index in [-0.39, 0.29) is 22.7 Å². The van der Waals surface area contributed by atoms with Gasteiger partial charge in [-0.25, -0.2) is 4.39 Å². The third-order valence-corrected chi connectivity index (χ3v) is 1.79. The second kappa shape index (κ2) is 3.88. The van der Waals surface area contributed by atoms with Gasteiger partial charge in [-0.2, -0.15) is 0 Å². The summed E-state index contributed by atoms with van der Waals surface area (Å²) in [6.45, 7) is 5.54. The molecule has 0 aliphatic rings. The van der Waals surface area contributed by atoms with Gasteiger partial charge in [-0.15, -0.1) is 0 Å². The van der Waals surface area contributed by atoms with E-state index in [1.807, 2.05) is 20.8 Å². The van der Waals surface area contributed by atoms with E-state index >= 15 is 0 Å². The molecule has 1 amide bonds. The molecule has 3 nitrogen and oxygen atoms in total. The maximum Gasteiger partial charge on any atom is 0.253 e. The van der Waals surface area contributed by atoms with Crippen molar-refractivity contribution in [3.8, 4) is 0 Å². The lowest BCUT2D eigenvalue weighted by Gasteiger charge is -2.21. The normalized spacial score (nSPS) is 11.2. The van der Waals surface area contributed by atoms with Crippen LogP contribution in [-0.2, 0) is 0 Å². The number of hydrogen-bond donors (Lipinski definition) is 2. The molecule has 0 radical (unpaired) electrons. The average molecular weight is 210 g/mol. The van der Waals surface area contributed by atoms with Crippen LogP contribution in [0, 0.1) is 5.82 Å². The third-order valence-electron chi connectivity index (χ3n) is 1.79. The number of halogens is 1. The van der Waals surface area contributed by atoms with Crippen molar-refractivity contribution in [2.45, 2.75) is 26.3 Å². The van der Waals surface area contributed by atoms with Gasteiger partial charge < -0.3 is 11.1 Å². The second-order valence-electron chi connectivity index (χ2n) is 4.41. The van der Waals surface area contributed by atoms with Crippen LogP contribution in [-0.4, -0.2) is 11.4 Å². The number of nitrogens with one attached hydrogen (secondary N) is 1. The number of para-hydroxylation sites is 1. The molecule has 1 rings (SSSR count). The summed E-state index contributed by atoms with van der Waals surface area (Å²) in [5, 5.41) is 2.72. The van der Waals surface area contributed by atoms with Crippen molar-refractivity contribution in [2.75, 3.05) is 5.73 Å². The maximum atomic E-state index is 13.1. The molecule has 0 unspecified atom stereocenters. The highest BCUT2D eigenvalue weighted by Crippen LogP contribution is 2.16. The van der Waals surface area contributed by atoms with Crippen LogP contribution in [0.15, 0.2) is 18.2 Å². The number of carbonyl (C=O) groups is 1. The molecule has 4 heteroatoms. The van der Waals surface area contributed by atoms with E-state index in [1.165, 1.54) is 18.2 Å². The first-order valence-corrected chi connectivity index (χ1v) is 4.68. The monoisotopic (exact) mass is 210 g/mol. The van der Waals surface area contributed by atoms with Crippen molar-refractivity contribution in [1.82, 2.24) is 5.32 Å². The largest absolute Gasteiger partial charge is 0.396 e. The zero-order valence-corrected chi connectivity index (χ0v) is 9.10. The van der Waals surface area contributed by atoms with Crippen molar-refractivity contribution >= 4 is 11.6 Å². The number of rotatable bonds is 1. The summed E-state index contributed by atoms with van der Waals surface area (Å²) in [5.74, 6) is -0.934. The van der Waals surface area contributed by atoms with E-state index in [1.54, 1.807) is 0 Å². The Balaban J connectivity index is 2.97. The van der Waals surface area contributed by atoms with Gasteiger partial charge in [0, 0.05) is 5.54 Å². The fourth-order valence-corrected chi connectivity index (χ4v) is 1.14. The van der Waals surface area contributed by atoms with Crippen LogP contribution >= 0.6 is 0 Å². The Morgan fingerprint density at radius 2 is 2.00 bits per heavy atom. The highest BCUT2D eigenvalue weighted by Gasteiger charge is 2.18. The van der Waals surface area contributed by atoms with Crippen molar-refractivity contribution in [3.63, 3.8) is 0 Å². The molecule has 82 valence electrons. The maximum absolute atomic E-state index is 13.1. The number of hydrogen-bond acceptors (Lipinski definition) is 2. The molecule has 0 bridgehead atoms. The van der Waals surface area contributed by atoms with Gasteiger partial charge >= 0.3 is 0 Å². The molecule has 0 heterocycles. The Hall–Kier alpha value is -1.58. The van der Waals surface area contributed by atoms with Gasteiger partial charge in [-0.05, 0) is 32.9 Å². The predicted octanol–water partition coefficient (Wildman–Crippen LogP) is 1.94. The summed E-state index contributed by atoms with van der Waals surface area (Å²) in [4.78, 5) is 11.7. The van der Waals surface area contributed by atoms with Crippen molar-refractivity contribution in [1.29, 1.82) is 0 Å². The molecule has 0 aliphatic carbocycles. The Labute approximate surface area is 88.5 Å². The first kappa shape index (κ1) is 11.5. The van der Waals surface area contributed by atoms with Gasteiger partial charge in [0.25, 0.3) is 5.91 Å².